The zero-order valence-electron chi connectivity index (χ0n) is 32.9. The summed E-state index contributed by atoms with van der Waals surface area (Å²) >= 11 is 9.30. The van der Waals surface area contributed by atoms with E-state index >= 15 is 0 Å². The van der Waals surface area contributed by atoms with Gasteiger partial charge in [0.1, 0.15) is 15.8 Å². The number of rotatable bonds is 16. The topological polar surface area (TPSA) is 277 Å². The molecular weight excluding hydrogens is 1010 g/mol. The second kappa shape index (κ2) is 25.5. The maximum absolute atomic E-state index is 12.1. The summed E-state index contributed by atoms with van der Waals surface area (Å²) in [4.78, 5) is 76.6. The van der Waals surface area contributed by atoms with E-state index in [9.17, 15) is 44.4 Å². The Bertz CT molecular complexity index is 2600. The van der Waals surface area contributed by atoms with E-state index in [0.29, 0.717) is 30.6 Å². The minimum atomic E-state index is -1.41. The molecule has 64 heavy (non-hydrogen) atoms. The van der Waals surface area contributed by atoms with Crippen molar-refractivity contribution in [1.29, 1.82) is 10.5 Å². The van der Waals surface area contributed by atoms with Crippen LogP contribution in [0.25, 0.3) is 32.9 Å². The fourth-order valence-corrected chi connectivity index (χ4v) is 8.40. The Morgan fingerprint density at radius 3 is 1.36 bits per heavy atom. The van der Waals surface area contributed by atoms with Crippen LogP contribution in [-0.4, -0.2) is 97.5 Å². The van der Waals surface area contributed by atoms with Crippen molar-refractivity contribution in [2.45, 2.75) is 17.7 Å². The minimum Gasteiger partial charge on any atom is -0.548 e. The van der Waals surface area contributed by atoms with Crippen molar-refractivity contribution in [2.24, 2.45) is 0 Å². The van der Waals surface area contributed by atoms with Gasteiger partial charge in [-0.15, -0.1) is 0 Å². The van der Waals surface area contributed by atoms with Crippen molar-refractivity contribution in [2.75, 3.05) is 37.7 Å². The van der Waals surface area contributed by atoms with Crippen LogP contribution in [0.4, 0.5) is 0 Å². The molecule has 23 heteroatoms. The van der Waals surface area contributed by atoms with Crippen molar-refractivity contribution in [3.8, 4) is 23.5 Å². The summed E-state index contributed by atoms with van der Waals surface area (Å²) < 4.78 is 5.01. The van der Waals surface area contributed by atoms with Crippen LogP contribution in [0, 0.1) is 22.7 Å². The molecule has 2 aromatic heterocycles. The molecule has 0 aliphatic heterocycles. The SMILES string of the molecule is C.N#Cc1ccc(-n2c(Br)cnc2SCC(=O)NCC(=O)NCC(=O)O)c2ccccc12.N#Cc1ccc(-n2c(Br)cnc2SCC(=O)NCC(=O)NCC(=O)[O-])c2ccccc12.[Na+]. The van der Waals surface area contributed by atoms with Crippen molar-refractivity contribution in [3.63, 3.8) is 0 Å². The summed E-state index contributed by atoms with van der Waals surface area (Å²) in [5.41, 5.74) is 2.71. The number of aliphatic carboxylic acids is 2. The summed E-state index contributed by atoms with van der Waals surface area (Å²) in [7, 11) is 0. The molecule has 0 saturated carbocycles. The second-order valence-electron chi connectivity index (χ2n) is 12.4. The number of aromatic nitrogens is 4. The Morgan fingerprint density at radius 1 is 0.609 bits per heavy atom. The van der Waals surface area contributed by atoms with Gasteiger partial charge in [0, 0.05) is 21.5 Å². The monoisotopic (exact) mass is 1040 g/mol. The predicted octanol–water partition coefficient (Wildman–Crippen LogP) is 0.443. The molecule has 0 aliphatic carbocycles. The van der Waals surface area contributed by atoms with E-state index in [-0.39, 0.29) is 61.6 Å². The number of carbonyl (C=O) groups excluding carboxylic acids is 5. The average molecular weight is 1040 g/mol. The van der Waals surface area contributed by atoms with Crippen LogP contribution in [0.1, 0.15) is 18.6 Å². The number of hydrogen-bond donors (Lipinski definition) is 5. The number of imidazole rings is 2. The summed E-state index contributed by atoms with van der Waals surface area (Å²) in [5.74, 6) is -4.61. The number of benzene rings is 4. The number of thioether (sulfide) groups is 2. The molecule has 324 valence electrons. The van der Waals surface area contributed by atoms with Gasteiger partial charge in [-0.3, -0.25) is 33.1 Å². The van der Waals surface area contributed by atoms with Gasteiger partial charge in [-0.05, 0) is 56.1 Å². The Hall–Kier alpha value is -5.72. The Balaban J connectivity index is 0.000000330. The Labute approximate surface area is 413 Å². The molecule has 6 aromatic rings. The summed E-state index contributed by atoms with van der Waals surface area (Å²) in [6, 6.07) is 26.5. The van der Waals surface area contributed by atoms with Gasteiger partial charge >= 0.3 is 35.5 Å². The summed E-state index contributed by atoms with van der Waals surface area (Å²) in [6.45, 7) is -1.78. The summed E-state index contributed by atoms with van der Waals surface area (Å²) in [6.07, 6.45) is 3.23. The number of nitriles is 2. The second-order valence-corrected chi connectivity index (χ2v) is 15.9. The zero-order valence-corrected chi connectivity index (χ0v) is 39.7. The fraction of sp³-hybridized carbons (Fsp3) is 0.171. The number of carboxylic acids is 2. The molecule has 5 N–H and O–H groups in total. The molecule has 0 unspecified atom stereocenters. The van der Waals surface area contributed by atoms with Crippen LogP contribution in [0.2, 0.25) is 0 Å². The molecule has 18 nitrogen and oxygen atoms in total. The first-order valence-corrected chi connectivity index (χ1v) is 21.4. The molecule has 0 fully saturated rings. The van der Waals surface area contributed by atoms with Crippen LogP contribution in [-0.2, 0) is 28.8 Å². The maximum atomic E-state index is 12.1. The van der Waals surface area contributed by atoms with Crippen LogP contribution < -0.4 is 55.9 Å². The van der Waals surface area contributed by atoms with Crippen LogP contribution >= 0.6 is 55.4 Å². The largest absolute Gasteiger partial charge is 1.00 e. The number of nitrogens with zero attached hydrogens (tertiary/aromatic N) is 6. The number of nitrogens with one attached hydrogen (secondary N) is 4. The Kier molecular flexibility index (Phi) is 21.0. The Morgan fingerprint density at radius 2 is 0.984 bits per heavy atom. The van der Waals surface area contributed by atoms with E-state index in [1.165, 1.54) is 23.5 Å². The van der Waals surface area contributed by atoms with E-state index in [0.717, 1.165) is 32.9 Å². The number of carboxylic acid groups (broad SMARTS) is 2. The third-order valence-corrected chi connectivity index (χ3v) is 11.3. The molecule has 0 aliphatic rings. The average Bonchev–Trinajstić information content (AvgIpc) is 3.84. The molecule has 0 spiro atoms. The van der Waals surface area contributed by atoms with Crippen molar-refractivity contribution >= 4 is 112 Å². The number of fused-ring (bicyclic) bond motifs is 2. The molecule has 4 aromatic carbocycles. The third kappa shape index (κ3) is 14.1. The van der Waals surface area contributed by atoms with Crippen LogP contribution in [0.5, 0.6) is 0 Å². The molecule has 0 saturated heterocycles. The van der Waals surface area contributed by atoms with Gasteiger partial charge in [0.2, 0.25) is 23.6 Å². The molecule has 6 rings (SSSR count). The molecule has 4 amide bonds. The van der Waals surface area contributed by atoms with Gasteiger partial charge in [-0.25, -0.2) is 9.97 Å². The first-order chi connectivity index (χ1) is 29.8. The van der Waals surface area contributed by atoms with E-state index in [1.54, 1.807) is 24.5 Å². The van der Waals surface area contributed by atoms with Crippen molar-refractivity contribution in [1.82, 2.24) is 40.4 Å². The van der Waals surface area contributed by atoms with E-state index < -0.39 is 48.7 Å². The minimum absolute atomic E-state index is 0. The van der Waals surface area contributed by atoms with Crippen molar-refractivity contribution in [3.05, 3.63) is 106 Å². The van der Waals surface area contributed by atoms with E-state index in [4.69, 9.17) is 5.11 Å². The van der Waals surface area contributed by atoms with Crippen LogP contribution in [0.3, 0.4) is 0 Å². The maximum Gasteiger partial charge on any atom is 1.00 e. The molecule has 0 bridgehead atoms. The quantitative estimate of drug-likeness (QED) is 0.0651. The van der Waals surface area contributed by atoms with Crippen molar-refractivity contribution < 1.29 is 68.5 Å². The van der Waals surface area contributed by atoms with Gasteiger partial charge in [0.25, 0.3) is 0 Å². The molecule has 0 atom stereocenters. The van der Waals surface area contributed by atoms with Gasteiger partial charge in [-0.2, -0.15) is 10.5 Å². The van der Waals surface area contributed by atoms with E-state index in [1.807, 2.05) is 69.8 Å². The fourth-order valence-electron chi connectivity index (χ4n) is 5.61. The number of halogens is 2. The number of hydrogen-bond acceptors (Lipinski definition) is 13. The normalized spacial score (nSPS) is 10.1. The molecule has 2 heterocycles. The molecular formula is C41H35Br2N10NaO8S2. The number of carbonyl (C=O) groups is 6. The van der Waals surface area contributed by atoms with Gasteiger partial charge in [0.05, 0.1) is 84.1 Å². The first-order valence-electron chi connectivity index (χ1n) is 17.9. The van der Waals surface area contributed by atoms with Gasteiger partial charge in [0.15, 0.2) is 10.3 Å². The summed E-state index contributed by atoms with van der Waals surface area (Å²) in [5, 5.41) is 51.2. The standard InChI is InChI=1S/2C20H16BrN5O4S.CH4.Na/c2*21-16-8-25-20(31-11-18(28)23-9-17(27)24-10-19(29)30)26(16)15-6-5-12(7-22)13-3-1-2-4-14(13)15;;/h2*1-6,8H,9-11H2,(H,23,28)(H,24,27)(H,29,30);1H4;/q;;;+1/p-1. The first kappa shape index (κ1) is 52.6. The van der Waals surface area contributed by atoms with Gasteiger partial charge in [-0.1, -0.05) is 79.5 Å². The number of amides is 4. The zero-order chi connectivity index (χ0) is 44.8. The van der Waals surface area contributed by atoms with E-state index in [2.05, 4.69) is 75.2 Å². The third-order valence-electron chi connectivity index (χ3n) is 8.32. The molecule has 0 radical (unpaired) electrons. The smallest absolute Gasteiger partial charge is 0.548 e. The van der Waals surface area contributed by atoms with Gasteiger partial charge < -0.3 is 36.3 Å². The van der Waals surface area contributed by atoms with Crippen LogP contribution in [0.15, 0.2) is 105 Å². The predicted molar refractivity (Wildman–Crippen MR) is 240 cm³/mol.